The Morgan fingerprint density at radius 2 is 1.95 bits per heavy atom. The molecule has 3 N–H and O–H groups in total. The molecule has 0 saturated heterocycles. The summed E-state index contributed by atoms with van der Waals surface area (Å²) in [7, 11) is 1.63. The van der Waals surface area contributed by atoms with Gasteiger partial charge in [0.1, 0.15) is 5.82 Å². The van der Waals surface area contributed by atoms with Crippen molar-refractivity contribution < 1.29 is 8.78 Å². The molecule has 1 unspecified atom stereocenters. The van der Waals surface area contributed by atoms with Gasteiger partial charge in [0.25, 0.3) is 0 Å². The summed E-state index contributed by atoms with van der Waals surface area (Å²) >= 11 is 0. The molecule has 7 heteroatoms. The normalized spacial score (nSPS) is 12.1. The number of nitrogens with zero attached hydrogens (tertiary/aromatic N) is 3. The minimum Gasteiger partial charge on any atom is -0.350 e. The Bertz CT molecular complexity index is 605. The maximum atomic E-state index is 13.8. The number of aromatic nitrogens is 2. The van der Waals surface area contributed by atoms with Crippen molar-refractivity contribution in [3.63, 3.8) is 0 Å². The van der Waals surface area contributed by atoms with Crippen molar-refractivity contribution in [3.8, 4) is 0 Å². The average Bonchev–Trinajstić information content (AvgIpc) is 2.47. The highest BCUT2D eigenvalue weighted by molar-refractivity contribution is 5.45. The highest BCUT2D eigenvalue weighted by Crippen LogP contribution is 2.27. The van der Waals surface area contributed by atoms with Crippen LogP contribution in [0.3, 0.4) is 0 Å². The fraction of sp³-hybridized carbons (Fsp3) is 0.231. The largest absolute Gasteiger partial charge is 0.350 e. The van der Waals surface area contributed by atoms with E-state index in [0.717, 1.165) is 6.20 Å². The summed E-state index contributed by atoms with van der Waals surface area (Å²) in [6, 6.07) is 5.95. The van der Waals surface area contributed by atoms with E-state index in [1.165, 1.54) is 11.0 Å². The Kier molecular flexibility index (Phi) is 4.09. The molecule has 1 aromatic heterocycles. The molecule has 0 saturated carbocycles. The number of nitrogens with two attached hydrogens (primary N) is 1. The van der Waals surface area contributed by atoms with Gasteiger partial charge >= 0.3 is 0 Å². The molecule has 2 rings (SSSR count). The van der Waals surface area contributed by atoms with Crippen LogP contribution in [-0.4, -0.2) is 17.0 Å². The van der Waals surface area contributed by atoms with E-state index in [4.69, 9.17) is 5.84 Å². The van der Waals surface area contributed by atoms with Crippen molar-refractivity contribution in [1.29, 1.82) is 0 Å². The molecule has 0 bridgehead atoms. The van der Waals surface area contributed by atoms with E-state index in [2.05, 4.69) is 15.4 Å². The number of nitrogen functional groups attached to an aromatic ring is 1. The molecule has 0 aliphatic carbocycles. The van der Waals surface area contributed by atoms with E-state index in [9.17, 15) is 8.78 Å². The number of hydrogen-bond acceptors (Lipinski definition) is 5. The van der Waals surface area contributed by atoms with E-state index >= 15 is 0 Å². The fourth-order valence-electron chi connectivity index (χ4n) is 1.88. The second-order valence-electron chi connectivity index (χ2n) is 4.32. The summed E-state index contributed by atoms with van der Waals surface area (Å²) in [5, 5.41) is 0. The predicted octanol–water partition coefficient (Wildman–Crippen LogP) is 2.24. The van der Waals surface area contributed by atoms with Crippen LogP contribution in [-0.2, 0) is 0 Å². The van der Waals surface area contributed by atoms with Gasteiger partial charge < -0.3 is 4.90 Å². The molecule has 1 heterocycles. The van der Waals surface area contributed by atoms with Crippen LogP contribution >= 0.6 is 0 Å². The number of anilines is 2. The van der Waals surface area contributed by atoms with E-state index in [-0.39, 0.29) is 17.6 Å². The van der Waals surface area contributed by atoms with Crippen LogP contribution in [0.1, 0.15) is 18.5 Å². The maximum absolute atomic E-state index is 13.8. The van der Waals surface area contributed by atoms with Gasteiger partial charge in [-0.25, -0.2) is 19.6 Å². The number of nitrogens with one attached hydrogen (secondary N) is 1. The topological polar surface area (TPSA) is 67.1 Å². The highest BCUT2D eigenvalue weighted by Gasteiger charge is 2.20. The Morgan fingerprint density at radius 3 is 2.60 bits per heavy atom. The van der Waals surface area contributed by atoms with Crippen LogP contribution < -0.4 is 16.2 Å². The lowest BCUT2D eigenvalue weighted by atomic mass is 10.1. The lowest BCUT2D eigenvalue weighted by Crippen LogP contribution is -2.25. The number of hydrogen-bond donors (Lipinski definition) is 2. The van der Waals surface area contributed by atoms with Crippen LogP contribution in [0.15, 0.2) is 30.5 Å². The van der Waals surface area contributed by atoms with E-state index in [0.29, 0.717) is 5.56 Å². The zero-order valence-corrected chi connectivity index (χ0v) is 11.1. The molecular formula is C13H15F2N5. The summed E-state index contributed by atoms with van der Waals surface area (Å²) < 4.78 is 27.6. The monoisotopic (exact) mass is 279 g/mol. The first-order valence-electron chi connectivity index (χ1n) is 6.01. The van der Waals surface area contributed by atoms with Gasteiger partial charge in [0.05, 0.1) is 12.2 Å². The van der Waals surface area contributed by atoms with Crippen molar-refractivity contribution in [1.82, 2.24) is 9.97 Å². The molecule has 106 valence electrons. The van der Waals surface area contributed by atoms with Gasteiger partial charge in [-0.15, -0.1) is 0 Å². The highest BCUT2D eigenvalue weighted by atomic mass is 19.1. The number of rotatable bonds is 4. The van der Waals surface area contributed by atoms with Gasteiger partial charge in [0, 0.05) is 12.6 Å². The first kappa shape index (κ1) is 14.1. The quantitative estimate of drug-likeness (QED) is 0.663. The van der Waals surface area contributed by atoms with Gasteiger partial charge in [0.15, 0.2) is 11.6 Å². The SMILES string of the molecule is CC(c1ccccc1F)N(C)c1nc(NN)ncc1F. The van der Waals surface area contributed by atoms with Gasteiger partial charge in [-0.3, -0.25) is 5.43 Å². The molecule has 0 aliphatic heterocycles. The molecule has 1 aromatic carbocycles. The van der Waals surface area contributed by atoms with Crippen molar-refractivity contribution in [3.05, 3.63) is 47.7 Å². The number of benzene rings is 1. The van der Waals surface area contributed by atoms with Crippen molar-refractivity contribution in [2.45, 2.75) is 13.0 Å². The maximum Gasteiger partial charge on any atom is 0.239 e. The Balaban J connectivity index is 2.36. The summed E-state index contributed by atoms with van der Waals surface area (Å²) in [5.41, 5.74) is 2.70. The van der Waals surface area contributed by atoms with E-state index in [1.807, 2.05) is 0 Å². The Labute approximate surface area is 115 Å². The molecule has 20 heavy (non-hydrogen) atoms. The van der Waals surface area contributed by atoms with Crippen LogP contribution in [0.5, 0.6) is 0 Å². The third-order valence-corrected chi connectivity index (χ3v) is 3.13. The predicted molar refractivity (Wildman–Crippen MR) is 73.0 cm³/mol. The zero-order chi connectivity index (χ0) is 14.7. The van der Waals surface area contributed by atoms with Crippen molar-refractivity contribution in [2.75, 3.05) is 17.4 Å². The second kappa shape index (κ2) is 5.79. The molecule has 0 spiro atoms. The van der Waals surface area contributed by atoms with Gasteiger partial charge in [-0.2, -0.15) is 4.98 Å². The number of hydrazine groups is 1. The number of halogens is 2. The summed E-state index contributed by atoms with van der Waals surface area (Å²) in [6.45, 7) is 1.76. The fourth-order valence-corrected chi connectivity index (χ4v) is 1.88. The van der Waals surface area contributed by atoms with Gasteiger partial charge in [0.2, 0.25) is 5.95 Å². The molecule has 5 nitrogen and oxygen atoms in total. The van der Waals surface area contributed by atoms with Gasteiger partial charge in [-0.1, -0.05) is 18.2 Å². The van der Waals surface area contributed by atoms with Crippen LogP contribution in [0, 0.1) is 11.6 Å². The van der Waals surface area contributed by atoms with Crippen molar-refractivity contribution in [2.24, 2.45) is 5.84 Å². The molecule has 0 radical (unpaired) electrons. The lowest BCUT2D eigenvalue weighted by molar-refractivity contribution is 0.568. The average molecular weight is 279 g/mol. The van der Waals surface area contributed by atoms with Crippen LogP contribution in [0.2, 0.25) is 0 Å². The smallest absolute Gasteiger partial charge is 0.239 e. The summed E-state index contributed by atoms with van der Waals surface area (Å²) in [5.74, 6) is 4.39. The molecule has 0 aliphatic rings. The van der Waals surface area contributed by atoms with Gasteiger partial charge in [-0.05, 0) is 13.0 Å². The molecule has 0 fully saturated rings. The third-order valence-electron chi connectivity index (χ3n) is 3.13. The standard InChI is InChI=1S/C13H15F2N5/c1-8(9-5-3-4-6-10(9)14)20(2)12-11(15)7-17-13(18-12)19-16/h3-8H,16H2,1-2H3,(H,17,18,19). The van der Waals surface area contributed by atoms with E-state index in [1.54, 1.807) is 32.2 Å². The van der Waals surface area contributed by atoms with Crippen LogP contribution in [0.4, 0.5) is 20.5 Å². The molecule has 0 amide bonds. The Morgan fingerprint density at radius 1 is 1.25 bits per heavy atom. The summed E-state index contributed by atoms with van der Waals surface area (Å²) in [6.07, 6.45) is 1.02. The molecule has 1 atom stereocenters. The van der Waals surface area contributed by atoms with Crippen molar-refractivity contribution >= 4 is 11.8 Å². The second-order valence-corrected chi connectivity index (χ2v) is 4.32. The third kappa shape index (κ3) is 2.67. The summed E-state index contributed by atoms with van der Waals surface area (Å²) in [4.78, 5) is 9.14. The molecule has 2 aromatic rings. The van der Waals surface area contributed by atoms with E-state index < -0.39 is 11.9 Å². The zero-order valence-electron chi connectivity index (χ0n) is 11.1. The molecular weight excluding hydrogens is 264 g/mol. The minimum atomic E-state index is -0.602. The minimum absolute atomic E-state index is 0.0451. The first-order chi connectivity index (χ1) is 9.54. The lowest BCUT2D eigenvalue weighted by Gasteiger charge is -2.27. The van der Waals surface area contributed by atoms with Crippen LogP contribution in [0.25, 0.3) is 0 Å². The Hall–Kier alpha value is -2.28. The first-order valence-corrected chi connectivity index (χ1v) is 6.01.